The van der Waals surface area contributed by atoms with Gasteiger partial charge in [0.05, 0.1) is 17.7 Å². The van der Waals surface area contributed by atoms with E-state index in [1.165, 1.54) is 10.9 Å². The van der Waals surface area contributed by atoms with E-state index in [2.05, 4.69) is 10.4 Å². The molecule has 0 aliphatic rings. The third-order valence-electron chi connectivity index (χ3n) is 2.67. The zero-order chi connectivity index (χ0) is 20.5. The van der Waals surface area contributed by atoms with Gasteiger partial charge < -0.3 is 25.4 Å². The van der Waals surface area contributed by atoms with Crippen LogP contribution in [0.15, 0.2) is 18.5 Å². The Kier molecular flexibility index (Phi) is 8.63. The zero-order valence-electron chi connectivity index (χ0n) is 13.9. The number of aliphatic hydroxyl groups is 1. The fourth-order valence-electron chi connectivity index (χ4n) is 1.28. The Morgan fingerprint density at radius 2 is 1.85 bits per heavy atom. The number of aliphatic carboxylic acids is 2. The SMILES string of the molecule is CC(C)(CO)NC(=O)c1cc[n+](CCC(=O)O)nc1.O=C([O-])C(F)(F)F. The van der Waals surface area contributed by atoms with Gasteiger partial charge in [0.25, 0.3) is 5.91 Å². The highest BCUT2D eigenvalue weighted by Crippen LogP contribution is 2.11. The summed E-state index contributed by atoms with van der Waals surface area (Å²) in [6.45, 7) is 3.49. The molecule has 1 amide bonds. The van der Waals surface area contributed by atoms with E-state index in [1.807, 2.05) is 0 Å². The van der Waals surface area contributed by atoms with E-state index in [-0.39, 0.29) is 25.5 Å². The number of amides is 1. The quantitative estimate of drug-likeness (QED) is 0.517. The smallest absolute Gasteiger partial charge is 0.430 e. The molecule has 0 fully saturated rings. The number of halogens is 3. The monoisotopic (exact) mass is 381 g/mol. The number of carboxylic acids is 2. The van der Waals surface area contributed by atoms with Crippen LogP contribution < -0.4 is 15.1 Å². The summed E-state index contributed by atoms with van der Waals surface area (Å²) in [6, 6.07) is 1.55. The van der Waals surface area contributed by atoms with Crippen LogP contribution in [-0.4, -0.2) is 51.5 Å². The van der Waals surface area contributed by atoms with Gasteiger partial charge in [-0.3, -0.25) is 9.59 Å². The second-order valence-electron chi connectivity index (χ2n) is 5.60. The van der Waals surface area contributed by atoms with Crippen LogP contribution >= 0.6 is 0 Å². The van der Waals surface area contributed by atoms with Crippen LogP contribution in [0, 0.1) is 0 Å². The van der Waals surface area contributed by atoms with Gasteiger partial charge in [0.2, 0.25) is 0 Å². The van der Waals surface area contributed by atoms with Crippen molar-refractivity contribution in [2.45, 2.75) is 38.5 Å². The average molecular weight is 381 g/mol. The lowest BCUT2D eigenvalue weighted by Gasteiger charge is -2.23. The first-order valence-electron chi connectivity index (χ1n) is 7.07. The van der Waals surface area contributed by atoms with Gasteiger partial charge in [0, 0.05) is 6.07 Å². The van der Waals surface area contributed by atoms with Crippen LogP contribution in [0.4, 0.5) is 13.2 Å². The molecular weight excluding hydrogens is 363 g/mol. The predicted octanol–water partition coefficient (Wildman–Crippen LogP) is -1.36. The summed E-state index contributed by atoms with van der Waals surface area (Å²) < 4.78 is 33.0. The normalized spacial score (nSPS) is 11.2. The minimum absolute atomic E-state index is 0.0270. The third-order valence-corrected chi connectivity index (χ3v) is 2.67. The molecule has 0 radical (unpaired) electrons. The van der Waals surface area contributed by atoms with Gasteiger partial charge in [-0.05, 0) is 18.9 Å². The van der Waals surface area contributed by atoms with Gasteiger partial charge in [-0.15, -0.1) is 0 Å². The van der Waals surface area contributed by atoms with Gasteiger partial charge >= 0.3 is 12.1 Å². The first-order chi connectivity index (χ1) is 11.8. The topological polar surface area (TPSA) is 144 Å². The van der Waals surface area contributed by atoms with Crippen LogP contribution in [-0.2, 0) is 16.1 Å². The predicted molar refractivity (Wildman–Crippen MR) is 76.4 cm³/mol. The van der Waals surface area contributed by atoms with Crippen molar-refractivity contribution in [2.75, 3.05) is 6.61 Å². The van der Waals surface area contributed by atoms with E-state index in [4.69, 9.17) is 20.1 Å². The fraction of sp³-hybridized carbons (Fsp3) is 0.500. The molecular formula is C14H18F3N3O6. The number of carbonyl (C=O) groups excluding carboxylic acids is 2. The van der Waals surface area contributed by atoms with E-state index in [0.717, 1.165) is 0 Å². The van der Waals surface area contributed by atoms with Crippen molar-refractivity contribution in [3.8, 4) is 0 Å². The summed E-state index contributed by atoms with van der Waals surface area (Å²) in [6.07, 6.45) is -2.31. The fourth-order valence-corrected chi connectivity index (χ4v) is 1.28. The van der Waals surface area contributed by atoms with Crippen LogP contribution in [0.5, 0.6) is 0 Å². The van der Waals surface area contributed by atoms with Crippen molar-refractivity contribution in [3.63, 3.8) is 0 Å². The van der Waals surface area contributed by atoms with Gasteiger partial charge in [-0.25, -0.2) is 0 Å². The zero-order valence-corrected chi connectivity index (χ0v) is 13.9. The van der Waals surface area contributed by atoms with E-state index in [0.29, 0.717) is 5.56 Å². The van der Waals surface area contributed by atoms with Crippen LogP contribution in [0.25, 0.3) is 0 Å². The molecule has 0 aliphatic carbocycles. The van der Waals surface area contributed by atoms with E-state index < -0.39 is 23.7 Å². The molecule has 26 heavy (non-hydrogen) atoms. The molecule has 0 saturated heterocycles. The molecule has 1 aromatic rings. The molecule has 0 saturated carbocycles. The molecule has 0 spiro atoms. The Labute approximate surface area is 146 Å². The van der Waals surface area contributed by atoms with E-state index >= 15 is 0 Å². The molecule has 0 unspecified atom stereocenters. The van der Waals surface area contributed by atoms with Crippen molar-refractivity contribution in [2.24, 2.45) is 0 Å². The van der Waals surface area contributed by atoms with E-state index in [9.17, 15) is 22.8 Å². The lowest BCUT2D eigenvalue weighted by atomic mass is 10.1. The number of alkyl halides is 3. The van der Waals surface area contributed by atoms with Gasteiger partial charge in [-0.2, -0.15) is 13.2 Å². The van der Waals surface area contributed by atoms with Gasteiger partial charge in [0.15, 0.2) is 12.7 Å². The Morgan fingerprint density at radius 1 is 1.31 bits per heavy atom. The number of nitrogens with one attached hydrogen (secondary N) is 1. The summed E-state index contributed by atoms with van der Waals surface area (Å²) in [5, 5.41) is 33.0. The molecule has 3 N–H and O–H groups in total. The Bertz CT molecular complexity index is 632. The average Bonchev–Trinajstić information content (AvgIpc) is 2.52. The summed E-state index contributed by atoms with van der Waals surface area (Å²) >= 11 is 0. The number of carboxylic acid groups (broad SMARTS) is 2. The number of aryl methyl sites for hydroxylation is 1. The van der Waals surface area contributed by atoms with Crippen molar-refractivity contribution >= 4 is 17.8 Å². The summed E-state index contributed by atoms with van der Waals surface area (Å²) in [4.78, 5) is 31.0. The van der Waals surface area contributed by atoms with Crippen molar-refractivity contribution in [1.82, 2.24) is 10.4 Å². The molecule has 1 aromatic heterocycles. The first kappa shape index (κ1) is 23.2. The molecule has 0 bridgehead atoms. The molecule has 0 atom stereocenters. The van der Waals surface area contributed by atoms with Crippen LogP contribution in [0.2, 0.25) is 0 Å². The Balaban J connectivity index is 0.000000758. The number of hydrogen-bond acceptors (Lipinski definition) is 6. The maximum absolute atomic E-state index is 11.8. The molecule has 1 rings (SSSR count). The van der Waals surface area contributed by atoms with Gasteiger partial charge in [-0.1, -0.05) is 4.68 Å². The van der Waals surface area contributed by atoms with Crippen molar-refractivity contribution in [3.05, 3.63) is 24.0 Å². The van der Waals surface area contributed by atoms with Crippen LogP contribution in [0.1, 0.15) is 30.6 Å². The van der Waals surface area contributed by atoms with Crippen molar-refractivity contribution < 1.29 is 47.6 Å². The summed E-state index contributed by atoms with van der Waals surface area (Å²) in [7, 11) is 0. The second-order valence-corrected chi connectivity index (χ2v) is 5.60. The van der Waals surface area contributed by atoms with E-state index in [1.54, 1.807) is 26.1 Å². The number of nitrogens with zero attached hydrogens (tertiary/aromatic N) is 2. The Hall–Kier alpha value is -2.76. The van der Waals surface area contributed by atoms with Crippen LogP contribution in [0.3, 0.4) is 0 Å². The number of rotatable bonds is 6. The largest absolute Gasteiger partial charge is 0.542 e. The number of aliphatic hydroxyl groups excluding tert-OH is 1. The first-order valence-corrected chi connectivity index (χ1v) is 7.07. The lowest BCUT2D eigenvalue weighted by molar-refractivity contribution is -0.753. The summed E-state index contributed by atoms with van der Waals surface area (Å²) in [5.41, 5.74) is -0.347. The highest BCUT2D eigenvalue weighted by Gasteiger charge is 2.28. The minimum atomic E-state index is -5.19. The Morgan fingerprint density at radius 3 is 2.19 bits per heavy atom. The number of aromatic nitrogens is 2. The third kappa shape index (κ3) is 9.52. The maximum Gasteiger partial charge on any atom is 0.430 e. The lowest BCUT2D eigenvalue weighted by Crippen LogP contribution is -2.46. The molecule has 0 aromatic carbocycles. The maximum atomic E-state index is 11.8. The highest BCUT2D eigenvalue weighted by atomic mass is 19.4. The standard InChI is InChI=1S/C12H17N3O4.C2HF3O2/c1-12(2,8-16)14-11(19)9-3-5-15(13-7-9)6-4-10(17)18;3-2(4,5)1(6)7/h3,5,7,16H,4,6,8H2,1-2H3,(H-,14,17,18,19);(H,6,7). The number of hydrogen-bond donors (Lipinski definition) is 3. The molecule has 0 aliphatic heterocycles. The summed E-state index contributed by atoms with van der Waals surface area (Å²) in [5.74, 6) is -4.25. The number of carbonyl (C=O) groups is 3. The van der Waals surface area contributed by atoms with Gasteiger partial charge in [0.1, 0.15) is 18.6 Å². The molecule has 146 valence electrons. The highest BCUT2D eigenvalue weighted by molar-refractivity contribution is 5.94. The van der Waals surface area contributed by atoms with Crippen molar-refractivity contribution in [1.29, 1.82) is 0 Å². The molecule has 12 heteroatoms. The second kappa shape index (κ2) is 9.65. The minimum Gasteiger partial charge on any atom is -0.542 e. The molecule has 1 heterocycles. The molecule has 9 nitrogen and oxygen atoms in total.